The first kappa shape index (κ1) is 19.9. The Kier molecular flexibility index (Phi) is 7.46. The van der Waals surface area contributed by atoms with Crippen molar-refractivity contribution >= 4 is 11.9 Å². The van der Waals surface area contributed by atoms with Gasteiger partial charge in [0.2, 0.25) is 5.95 Å². The predicted molar refractivity (Wildman–Crippen MR) is 108 cm³/mol. The topological polar surface area (TPSA) is 85.4 Å². The van der Waals surface area contributed by atoms with Gasteiger partial charge in [0.15, 0.2) is 0 Å². The van der Waals surface area contributed by atoms with Gasteiger partial charge >= 0.3 is 0 Å². The number of amides is 1. The molecule has 1 saturated carbocycles. The van der Waals surface area contributed by atoms with E-state index in [1.807, 2.05) is 24.3 Å². The van der Waals surface area contributed by atoms with E-state index in [0.717, 1.165) is 24.3 Å². The maximum Gasteiger partial charge on any atom is 0.270 e. The van der Waals surface area contributed by atoms with Crippen molar-refractivity contribution in [1.82, 2.24) is 15.3 Å². The third kappa shape index (κ3) is 6.11. The molecule has 0 radical (unpaired) electrons. The Hall–Kier alpha value is -2.83. The summed E-state index contributed by atoms with van der Waals surface area (Å²) in [6.07, 6.45) is 8.56. The van der Waals surface area contributed by atoms with Gasteiger partial charge in [-0.1, -0.05) is 25.7 Å². The highest BCUT2D eigenvalue weighted by molar-refractivity contribution is 5.92. The summed E-state index contributed by atoms with van der Waals surface area (Å²) in [4.78, 5) is 21.0. The van der Waals surface area contributed by atoms with Gasteiger partial charge in [0.25, 0.3) is 5.91 Å². The van der Waals surface area contributed by atoms with Crippen LogP contribution in [0.2, 0.25) is 0 Å². The van der Waals surface area contributed by atoms with Crippen LogP contribution in [0.5, 0.6) is 11.5 Å². The van der Waals surface area contributed by atoms with Crippen LogP contribution in [0.15, 0.2) is 36.5 Å². The van der Waals surface area contributed by atoms with Crippen LogP contribution in [0.4, 0.5) is 5.95 Å². The number of carbonyl (C=O) groups is 1. The minimum Gasteiger partial charge on any atom is -0.497 e. The molecule has 0 spiro atoms. The maximum absolute atomic E-state index is 12.5. The van der Waals surface area contributed by atoms with Crippen molar-refractivity contribution in [3.63, 3.8) is 0 Å². The molecule has 1 amide bonds. The fourth-order valence-corrected chi connectivity index (χ4v) is 3.26. The first-order chi connectivity index (χ1) is 13.7. The van der Waals surface area contributed by atoms with Crippen LogP contribution in [0.3, 0.4) is 0 Å². The summed E-state index contributed by atoms with van der Waals surface area (Å²) in [6, 6.07) is 9.30. The Morgan fingerprint density at radius 1 is 1.07 bits per heavy atom. The van der Waals surface area contributed by atoms with Gasteiger partial charge in [0.1, 0.15) is 23.8 Å². The number of nitrogens with one attached hydrogen (secondary N) is 2. The zero-order valence-electron chi connectivity index (χ0n) is 16.3. The van der Waals surface area contributed by atoms with Gasteiger partial charge in [-0.15, -0.1) is 0 Å². The number of aromatic nitrogens is 2. The van der Waals surface area contributed by atoms with Crippen molar-refractivity contribution in [1.29, 1.82) is 0 Å². The van der Waals surface area contributed by atoms with E-state index in [1.165, 1.54) is 25.7 Å². The Balaban J connectivity index is 1.45. The number of ether oxygens (including phenoxy) is 2. The monoisotopic (exact) mass is 384 g/mol. The van der Waals surface area contributed by atoms with Crippen molar-refractivity contribution in [2.45, 2.75) is 44.6 Å². The number of methoxy groups -OCH3 is 1. The summed E-state index contributed by atoms with van der Waals surface area (Å²) in [5, 5.41) is 6.20. The Labute approximate surface area is 165 Å². The fraction of sp³-hybridized carbons (Fsp3) is 0.476. The molecule has 2 N–H and O–H groups in total. The smallest absolute Gasteiger partial charge is 0.270 e. The van der Waals surface area contributed by atoms with Crippen LogP contribution >= 0.6 is 0 Å². The van der Waals surface area contributed by atoms with Gasteiger partial charge < -0.3 is 20.1 Å². The van der Waals surface area contributed by atoms with Crippen molar-refractivity contribution in [3.05, 3.63) is 42.2 Å². The van der Waals surface area contributed by atoms with Gasteiger partial charge in [-0.2, -0.15) is 0 Å². The van der Waals surface area contributed by atoms with E-state index >= 15 is 0 Å². The minimum absolute atomic E-state index is 0.133. The summed E-state index contributed by atoms with van der Waals surface area (Å²) in [6.45, 7) is 0.980. The minimum atomic E-state index is -0.133. The van der Waals surface area contributed by atoms with Crippen molar-refractivity contribution < 1.29 is 14.3 Å². The standard InChI is InChI=1S/C21H28N4O3/c1-27-17-8-10-18(11-9-17)28-15-14-23-21-22-13-12-19(25-21)20(26)24-16-6-4-2-3-5-7-16/h8-13,16H,2-7,14-15H2,1H3,(H,24,26)(H,22,23,25). The normalized spacial score (nSPS) is 14.8. The lowest BCUT2D eigenvalue weighted by Gasteiger charge is -2.16. The van der Waals surface area contributed by atoms with E-state index < -0.39 is 0 Å². The molecule has 0 aliphatic heterocycles. The van der Waals surface area contributed by atoms with E-state index in [4.69, 9.17) is 9.47 Å². The van der Waals surface area contributed by atoms with Crippen LogP contribution in [0.1, 0.15) is 49.0 Å². The SMILES string of the molecule is COc1ccc(OCCNc2nccc(C(=O)NC3CCCCCC3)n2)cc1. The molecule has 0 atom stereocenters. The van der Waals surface area contributed by atoms with Crippen LogP contribution in [0.25, 0.3) is 0 Å². The molecular formula is C21H28N4O3. The van der Waals surface area contributed by atoms with Crippen LogP contribution < -0.4 is 20.1 Å². The van der Waals surface area contributed by atoms with E-state index in [9.17, 15) is 4.79 Å². The molecule has 0 bridgehead atoms. The molecule has 1 aromatic heterocycles. The van der Waals surface area contributed by atoms with Gasteiger partial charge in [0.05, 0.1) is 13.7 Å². The molecule has 1 aromatic carbocycles. The van der Waals surface area contributed by atoms with Gasteiger partial charge in [0, 0.05) is 12.2 Å². The number of carbonyl (C=O) groups excluding carboxylic acids is 1. The number of rotatable bonds is 8. The molecule has 0 unspecified atom stereocenters. The van der Waals surface area contributed by atoms with E-state index in [2.05, 4.69) is 20.6 Å². The summed E-state index contributed by atoms with van der Waals surface area (Å²) in [5.41, 5.74) is 0.387. The third-order valence-electron chi connectivity index (χ3n) is 4.79. The van der Waals surface area contributed by atoms with Crippen LogP contribution in [-0.4, -0.2) is 42.2 Å². The number of hydrogen-bond acceptors (Lipinski definition) is 6. The number of anilines is 1. The fourth-order valence-electron chi connectivity index (χ4n) is 3.26. The quantitative estimate of drug-likeness (QED) is 0.536. The molecule has 3 rings (SSSR count). The number of benzene rings is 1. The third-order valence-corrected chi connectivity index (χ3v) is 4.79. The molecule has 0 saturated heterocycles. The largest absolute Gasteiger partial charge is 0.497 e. The molecular weight excluding hydrogens is 356 g/mol. The Morgan fingerprint density at radius 3 is 2.50 bits per heavy atom. The predicted octanol–water partition coefficient (Wildman–Crippen LogP) is 3.43. The molecule has 150 valence electrons. The highest BCUT2D eigenvalue weighted by atomic mass is 16.5. The summed E-state index contributed by atoms with van der Waals surface area (Å²) in [5.74, 6) is 1.84. The molecule has 28 heavy (non-hydrogen) atoms. The molecule has 7 heteroatoms. The average molecular weight is 384 g/mol. The summed E-state index contributed by atoms with van der Waals surface area (Å²) in [7, 11) is 1.63. The molecule has 7 nitrogen and oxygen atoms in total. The summed E-state index contributed by atoms with van der Waals surface area (Å²) < 4.78 is 10.8. The first-order valence-electron chi connectivity index (χ1n) is 9.89. The number of nitrogens with zero attached hydrogens (tertiary/aromatic N) is 2. The molecule has 1 fully saturated rings. The highest BCUT2D eigenvalue weighted by Crippen LogP contribution is 2.18. The second kappa shape index (κ2) is 10.5. The zero-order valence-corrected chi connectivity index (χ0v) is 16.3. The Bertz CT molecular complexity index is 744. The van der Waals surface area contributed by atoms with E-state index in [1.54, 1.807) is 19.4 Å². The molecule has 2 aromatic rings. The van der Waals surface area contributed by atoms with E-state index in [-0.39, 0.29) is 11.9 Å². The first-order valence-corrected chi connectivity index (χ1v) is 9.89. The second-order valence-corrected chi connectivity index (χ2v) is 6.88. The maximum atomic E-state index is 12.5. The lowest BCUT2D eigenvalue weighted by atomic mass is 10.1. The zero-order chi connectivity index (χ0) is 19.6. The van der Waals surface area contributed by atoms with Crippen molar-refractivity contribution in [2.24, 2.45) is 0 Å². The van der Waals surface area contributed by atoms with Crippen molar-refractivity contribution in [3.8, 4) is 11.5 Å². The van der Waals surface area contributed by atoms with Crippen molar-refractivity contribution in [2.75, 3.05) is 25.6 Å². The average Bonchev–Trinajstić information content (AvgIpc) is 3.00. The molecule has 1 aliphatic carbocycles. The van der Waals surface area contributed by atoms with Crippen LogP contribution in [-0.2, 0) is 0 Å². The molecule has 1 aliphatic rings. The lowest BCUT2D eigenvalue weighted by Crippen LogP contribution is -2.35. The van der Waals surface area contributed by atoms with Gasteiger partial charge in [-0.3, -0.25) is 4.79 Å². The highest BCUT2D eigenvalue weighted by Gasteiger charge is 2.17. The second-order valence-electron chi connectivity index (χ2n) is 6.88. The van der Waals surface area contributed by atoms with E-state index in [0.29, 0.717) is 24.8 Å². The van der Waals surface area contributed by atoms with Gasteiger partial charge in [-0.05, 0) is 43.2 Å². The number of hydrogen-bond donors (Lipinski definition) is 2. The molecule has 1 heterocycles. The summed E-state index contributed by atoms with van der Waals surface area (Å²) >= 11 is 0. The Morgan fingerprint density at radius 2 is 1.79 bits per heavy atom. The lowest BCUT2D eigenvalue weighted by molar-refractivity contribution is 0.0928. The van der Waals surface area contributed by atoms with Gasteiger partial charge in [-0.25, -0.2) is 9.97 Å². The van der Waals surface area contributed by atoms with Crippen LogP contribution in [0, 0.1) is 0 Å².